The van der Waals surface area contributed by atoms with E-state index in [1.807, 2.05) is 18.2 Å². The van der Waals surface area contributed by atoms with Crippen molar-refractivity contribution in [2.24, 2.45) is 0 Å². The lowest BCUT2D eigenvalue weighted by Crippen LogP contribution is -2.16. The van der Waals surface area contributed by atoms with Gasteiger partial charge in [0.15, 0.2) is 0 Å². The van der Waals surface area contributed by atoms with Crippen molar-refractivity contribution in [3.63, 3.8) is 0 Å². The Morgan fingerprint density at radius 2 is 1.11 bits per heavy atom. The number of fused-ring (bicyclic) bond motifs is 10. The average molecular weight is 680 g/mol. The molecule has 0 fully saturated rings. The Balaban J connectivity index is 1.17. The first-order chi connectivity index (χ1) is 25.9. The highest BCUT2D eigenvalue weighted by Crippen LogP contribution is 2.48. The van der Waals surface area contributed by atoms with Crippen molar-refractivity contribution in [2.45, 2.75) is 26.2 Å². The molecule has 1 heterocycles. The van der Waals surface area contributed by atoms with Crippen LogP contribution in [-0.4, -0.2) is 4.57 Å². The Bertz CT molecular complexity index is 2930. The largest absolute Gasteiger partial charge is 0.309 e. The molecule has 0 N–H and O–H groups in total. The fourth-order valence-electron chi connectivity index (χ4n) is 8.93. The molecule has 0 amide bonds. The molecule has 9 rings (SSSR count). The standard InChI is InChI=1S/C52H41N/c1-7-33(35-23-26-43-41-19-12-11-17-39(41)40-18-13-14-20-42(40)45(43)30-35)29-34(8-2)36-24-28-51-47(31-36)44-21-15-16-22-50(44)53(51)37-25-27-49-46(32-37)38(9-3)48(10-4)52(49,5)6/h7-32H,2-4H2,1,5-6H3/b33-7+,34-29+. The molecule has 0 saturated carbocycles. The van der Waals surface area contributed by atoms with Crippen molar-refractivity contribution in [1.29, 1.82) is 0 Å². The molecule has 1 nitrogen and oxygen atoms in total. The number of benzene rings is 7. The third-order valence-corrected chi connectivity index (χ3v) is 11.5. The normalized spacial score (nSPS) is 14.5. The zero-order chi connectivity index (χ0) is 36.4. The lowest BCUT2D eigenvalue weighted by atomic mass is 9.81. The van der Waals surface area contributed by atoms with E-state index in [1.165, 1.54) is 82.0 Å². The van der Waals surface area contributed by atoms with Gasteiger partial charge in [-0.1, -0.05) is 149 Å². The van der Waals surface area contributed by atoms with Gasteiger partial charge >= 0.3 is 0 Å². The van der Waals surface area contributed by atoms with Gasteiger partial charge in [0.25, 0.3) is 0 Å². The molecule has 0 aliphatic heterocycles. The second-order valence-electron chi connectivity index (χ2n) is 14.6. The van der Waals surface area contributed by atoms with Crippen LogP contribution >= 0.6 is 0 Å². The summed E-state index contributed by atoms with van der Waals surface area (Å²) < 4.78 is 2.39. The van der Waals surface area contributed by atoms with E-state index in [2.05, 4.69) is 185 Å². The van der Waals surface area contributed by atoms with E-state index < -0.39 is 0 Å². The monoisotopic (exact) mass is 679 g/mol. The third kappa shape index (κ3) is 4.85. The van der Waals surface area contributed by atoms with E-state index in [0.717, 1.165) is 22.4 Å². The highest BCUT2D eigenvalue weighted by atomic mass is 15.0. The van der Waals surface area contributed by atoms with Crippen molar-refractivity contribution >= 4 is 70.8 Å². The molecule has 0 saturated heterocycles. The molecule has 1 aromatic heterocycles. The Hall–Kier alpha value is -6.44. The molecule has 0 bridgehead atoms. The van der Waals surface area contributed by atoms with Crippen LogP contribution in [0.5, 0.6) is 0 Å². The van der Waals surface area contributed by atoms with E-state index in [-0.39, 0.29) is 5.41 Å². The lowest BCUT2D eigenvalue weighted by molar-refractivity contribution is 0.654. The molecule has 254 valence electrons. The molecule has 53 heavy (non-hydrogen) atoms. The molecule has 1 heteroatoms. The minimum Gasteiger partial charge on any atom is -0.309 e. The van der Waals surface area contributed by atoms with Crippen molar-refractivity contribution < 1.29 is 0 Å². The maximum absolute atomic E-state index is 4.29. The van der Waals surface area contributed by atoms with Gasteiger partial charge in [-0.3, -0.25) is 0 Å². The predicted octanol–water partition coefficient (Wildman–Crippen LogP) is 14.3. The molecule has 1 aliphatic carbocycles. The summed E-state index contributed by atoms with van der Waals surface area (Å²) in [5.41, 5.74) is 12.8. The summed E-state index contributed by atoms with van der Waals surface area (Å²) in [6, 6.07) is 46.8. The van der Waals surface area contributed by atoms with Crippen LogP contribution in [0.3, 0.4) is 0 Å². The first-order valence-electron chi connectivity index (χ1n) is 18.4. The number of nitrogens with zero attached hydrogens (tertiary/aromatic N) is 1. The summed E-state index contributed by atoms with van der Waals surface area (Å²) in [6.45, 7) is 19.3. The maximum Gasteiger partial charge on any atom is 0.0541 e. The fraction of sp³-hybridized carbons (Fsp3) is 0.0769. The SMILES string of the molecule is C=CC1=C(C=C)C(C)(C)c2ccc(-n3c4ccccc4c4cc(/C(C=C)=C/C(=C\C)c5ccc6c7ccccc7c7ccccc7c6c5)ccc43)cc21. The number of rotatable bonds is 7. The second-order valence-corrected chi connectivity index (χ2v) is 14.6. The van der Waals surface area contributed by atoms with Gasteiger partial charge in [-0.15, -0.1) is 0 Å². The van der Waals surface area contributed by atoms with E-state index in [0.29, 0.717) is 0 Å². The summed E-state index contributed by atoms with van der Waals surface area (Å²) in [7, 11) is 0. The highest BCUT2D eigenvalue weighted by molar-refractivity contribution is 6.25. The Kier molecular flexibility index (Phi) is 7.57. The van der Waals surface area contributed by atoms with Gasteiger partial charge in [0, 0.05) is 21.9 Å². The topological polar surface area (TPSA) is 4.93 Å². The molecule has 0 spiro atoms. The lowest BCUT2D eigenvalue weighted by Gasteiger charge is -2.23. The first kappa shape index (κ1) is 32.5. The smallest absolute Gasteiger partial charge is 0.0541 e. The van der Waals surface area contributed by atoms with Gasteiger partial charge in [-0.25, -0.2) is 0 Å². The van der Waals surface area contributed by atoms with Crippen LogP contribution in [0, 0.1) is 0 Å². The predicted molar refractivity (Wildman–Crippen MR) is 232 cm³/mol. The van der Waals surface area contributed by atoms with Crippen molar-refractivity contribution in [3.05, 3.63) is 205 Å². The van der Waals surface area contributed by atoms with Crippen LogP contribution in [0.2, 0.25) is 0 Å². The average Bonchev–Trinajstić information content (AvgIpc) is 3.65. The minimum atomic E-state index is -0.122. The van der Waals surface area contributed by atoms with Gasteiger partial charge in [0.2, 0.25) is 0 Å². The summed E-state index contributed by atoms with van der Waals surface area (Å²) in [5, 5.41) is 10.1. The fourth-order valence-corrected chi connectivity index (χ4v) is 8.93. The summed E-state index contributed by atoms with van der Waals surface area (Å²) in [5.74, 6) is 0. The highest BCUT2D eigenvalue weighted by Gasteiger charge is 2.35. The number of para-hydroxylation sites is 1. The molecular formula is C52H41N. The van der Waals surface area contributed by atoms with Gasteiger partial charge in [0.05, 0.1) is 11.0 Å². The summed E-state index contributed by atoms with van der Waals surface area (Å²) in [4.78, 5) is 0. The Morgan fingerprint density at radius 1 is 0.547 bits per heavy atom. The number of aromatic nitrogens is 1. The Labute approximate surface area is 311 Å². The molecule has 8 aromatic rings. The molecule has 0 unspecified atom stereocenters. The molecular weight excluding hydrogens is 639 g/mol. The van der Waals surface area contributed by atoms with Crippen molar-refractivity contribution in [1.82, 2.24) is 4.57 Å². The maximum atomic E-state index is 4.29. The zero-order valence-corrected chi connectivity index (χ0v) is 30.6. The quantitative estimate of drug-likeness (QED) is 0.117. The van der Waals surface area contributed by atoms with Gasteiger partial charge in [-0.2, -0.15) is 0 Å². The van der Waals surface area contributed by atoms with E-state index >= 15 is 0 Å². The minimum absolute atomic E-state index is 0.122. The van der Waals surface area contributed by atoms with Crippen LogP contribution in [-0.2, 0) is 5.41 Å². The summed E-state index contributed by atoms with van der Waals surface area (Å²) >= 11 is 0. The zero-order valence-electron chi connectivity index (χ0n) is 30.6. The summed E-state index contributed by atoms with van der Waals surface area (Å²) in [6.07, 6.45) is 10.4. The van der Waals surface area contributed by atoms with Gasteiger partial charge < -0.3 is 4.57 Å². The number of hydrogen-bond acceptors (Lipinski definition) is 0. The van der Waals surface area contributed by atoms with Crippen LogP contribution in [0.25, 0.3) is 76.5 Å². The van der Waals surface area contributed by atoms with E-state index in [4.69, 9.17) is 0 Å². The number of allylic oxidation sites excluding steroid dienone is 9. The van der Waals surface area contributed by atoms with Crippen molar-refractivity contribution in [2.75, 3.05) is 0 Å². The van der Waals surface area contributed by atoms with Crippen LogP contribution in [0.15, 0.2) is 183 Å². The van der Waals surface area contributed by atoms with Crippen molar-refractivity contribution in [3.8, 4) is 5.69 Å². The van der Waals surface area contributed by atoms with Crippen LogP contribution in [0.4, 0.5) is 0 Å². The third-order valence-electron chi connectivity index (χ3n) is 11.5. The van der Waals surface area contributed by atoms with Gasteiger partial charge in [-0.05, 0) is 126 Å². The molecule has 0 radical (unpaired) electrons. The number of hydrogen-bond donors (Lipinski definition) is 0. The molecule has 0 atom stereocenters. The van der Waals surface area contributed by atoms with E-state index in [9.17, 15) is 0 Å². The van der Waals surface area contributed by atoms with Crippen LogP contribution in [0.1, 0.15) is 43.0 Å². The van der Waals surface area contributed by atoms with E-state index in [1.54, 1.807) is 0 Å². The molecule has 1 aliphatic rings. The molecule has 7 aromatic carbocycles. The van der Waals surface area contributed by atoms with Gasteiger partial charge in [0.1, 0.15) is 0 Å². The van der Waals surface area contributed by atoms with Crippen LogP contribution < -0.4 is 0 Å². The second kappa shape index (κ2) is 12.4. The Morgan fingerprint density at radius 3 is 1.75 bits per heavy atom. The first-order valence-corrected chi connectivity index (χ1v) is 18.4.